The molecule has 6 aliphatic rings. The molecule has 4 saturated carbocycles. The van der Waals surface area contributed by atoms with Crippen LogP contribution in [0.3, 0.4) is 0 Å². The number of epoxide rings is 1. The predicted octanol–water partition coefficient (Wildman–Crippen LogP) is 3.62. The lowest BCUT2D eigenvalue weighted by Gasteiger charge is -2.57. The number of carbonyl (C=O) groups is 1. The van der Waals surface area contributed by atoms with Gasteiger partial charge in [0.25, 0.3) is 0 Å². The van der Waals surface area contributed by atoms with Gasteiger partial charge in [-0.3, -0.25) is 0 Å². The Morgan fingerprint density at radius 1 is 1.09 bits per heavy atom. The lowest BCUT2D eigenvalue weighted by atomic mass is 9.47. The number of fused-ring (bicyclic) bond motifs is 6. The lowest BCUT2D eigenvalue weighted by molar-refractivity contribution is -0.144. The van der Waals surface area contributed by atoms with Crippen molar-refractivity contribution in [3.63, 3.8) is 0 Å². The molecule has 0 bridgehead atoms. The van der Waals surface area contributed by atoms with E-state index in [0.29, 0.717) is 16.7 Å². The Morgan fingerprint density at radius 2 is 1.91 bits per heavy atom. The van der Waals surface area contributed by atoms with E-state index < -0.39 is 0 Å². The van der Waals surface area contributed by atoms with E-state index in [9.17, 15) is 4.79 Å². The van der Waals surface area contributed by atoms with Gasteiger partial charge in [-0.25, -0.2) is 4.79 Å². The minimum atomic E-state index is -0.103. The van der Waals surface area contributed by atoms with Crippen molar-refractivity contribution in [1.29, 1.82) is 0 Å². The van der Waals surface area contributed by atoms with Gasteiger partial charge < -0.3 is 9.47 Å². The van der Waals surface area contributed by atoms with Crippen LogP contribution in [0.4, 0.5) is 0 Å². The van der Waals surface area contributed by atoms with E-state index in [1.165, 1.54) is 37.7 Å². The van der Waals surface area contributed by atoms with Gasteiger partial charge in [-0.2, -0.15) is 0 Å². The van der Waals surface area contributed by atoms with Crippen molar-refractivity contribution in [3.05, 3.63) is 11.1 Å². The van der Waals surface area contributed by atoms with E-state index in [2.05, 4.69) is 13.8 Å². The molecule has 3 nitrogen and oxygen atoms in total. The second kappa shape index (κ2) is 3.56. The van der Waals surface area contributed by atoms with Crippen molar-refractivity contribution in [2.24, 2.45) is 28.6 Å². The van der Waals surface area contributed by atoms with Gasteiger partial charge in [0, 0.05) is 17.1 Å². The zero-order valence-corrected chi connectivity index (χ0v) is 14.4. The van der Waals surface area contributed by atoms with Crippen LogP contribution in [0.1, 0.15) is 59.3 Å². The van der Waals surface area contributed by atoms with E-state index in [0.717, 1.165) is 23.8 Å². The van der Waals surface area contributed by atoms with E-state index in [1.54, 1.807) is 0 Å². The number of carbonyl (C=O) groups excluding carboxylic acids is 1. The zero-order valence-electron chi connectivity index (χ0n) is 14.4. The molecule has 8 atom stereocenters. The minimum Gasteiger partial charge on any atom is -0.454 e. The summed E-state index contributed by atoms with van der Waals surface area (Å²) in [5, 5.41) is 0. The summed E-state index contributed by atoms with van der Waals surface area (Å²) in [4.78, 5) is 12.0. The second-order valence-electron chi connectivity index (χ2n) is 9.76. The minimum absolute atomic E-state index is 0.00781. The Balaban J connectivity index is 1.43. The topological polar surface area (TPSA) is 38.8 Å². The normalized spacial score (nSPS) is 61.7. The summed E-state index contributed by atoms with van der Waals surface area (Å²) in [5.74, 6) is 2.30. The molecule has 0 radical (unpaired) electrons. The average molecular weight is 314 g/mol. The lowest BCUT2D eigenvalue weighted by Crippen LogP contribution is -2.56. The Kier molecular flexibility index (Phi) is 2.08. The first-order valence-electron chi connectivity index (χ1n) is 9.50. The first-order valence-corrected chi connectivity index (χ1v) is 9.50. The summed E-state index contributed by atoms with van der Waals surface area (Å²) < 4.78 is 12.1. The number of hydrogen-bond donors (Lipinski definition) is 0. The number of rotatable bonds is 0. The smallest absolute Gasteiger partial charge is 0.334 e. The molecule has 1 spiro atoms. The molecule has 0 aromatic rings. The van der Waals surface area contributed by atoms with Crippen LogP contribution >= 0.6 is 0 Å². The Labute approximate surface area is 137 Å². The van der Waals surface area contributed by atoms with Crippen LogP contribution in [0.15, 0.2) is 11.1 Å². The zero-order chi connectivity index (χ0) is 15.8. The highest BCUT2D eigenvalue weighted by Gasteiger charge is 2.77. The second-order valence-corrected chi connectivity index (χ2v) is 9.76. The maximum atomic E-state index is 12.0. The summed E-state index contributed by atoms with van der Waals surface area (Å²) in [6.07, 6.45) is 7.90. The largest absolute Gasteiger partial charge is 0.454 e. The summed E-state index contributed by atoms with van der Waals surface area (Å²) in [7, 11) is 0. The van der Waals surface area contributed by atoms with Crippen LogP contribution in [-0.4, -0.2) is 23.8 Å². The van der Waals surface area contributed by atoms with Crippen LogP contribution in [0.5, 0.6) is 0 Å². The quantitative estimate of drug-likeness (QED) is 0.506. The summed E-state index contributed by atoms with van der Waals surface area (Å²) >= 11 is 0. The van der Waals surface area contributed by atoms with E-state index in [4.69, 9.17) is 9.47 Å². The van der Waals surface area contributed by atoms with Gasteiger partial charge >= 0.3 is 5.97 Å². The molecule has 4 aliphatic carbocycles. The highest BCUT2D eigenvalue weighted by Crippen LogP contribution is 2.77. The molecular weight excluding hydrogens is 288 g/mol. The molecule has 3 heteroatoms. The third kappa shape index (κ3) is 1.31. The molecule has 2 heterocycles. The van der Waals surface area contributed by atoms with E-state index in [-0.39, 0.29) is 23.8 Å². The third-order valence-corrected chi connectivity index (χ3v) is 9.08. The average Bonchev–Trinajstić information content (AvgIpc) is 3.36. The van der Waals surface area contributed by atoms with Gasteiger partial charge in [0.2, 0.25) is 0 Å². The summed E-state index contributed by atoms with van der Waals surface area (Å²) in [5.41, 5.74) is 3.05. The maximum absolute atomic E-state index is 12.0. The fourth-order valence-electron chi connectivity index (χ4n) is 7.75. The Bertz CT molecular complexity index is 680. The van der Waals surface area contributed by atoms with Crippen molar-refractivity contribution < 1.29 is 14.3 Å². The SMILES string of the molecule is CC1=C2C(CC3C4(C)CCC5CC5(C)C4CCC34OC24)OC1=O. The maximum Gasteiger partial charge on any atom is 0.334 e. The Morgan fingerprint density at radius 3 is 2.74 bits per heavy atom. The number of hydrogen-bond acceptors (Lipinski definition) is 3. The number of esters is 1. The van der Waals surface area contributed by atoms with E-state index in [1.807, 2.05) is 6.92 Å². The molecule has 0 aromatic carbocycles. The van der Waals surface area contributed by atoms with Crippen LogP contribution in [0.25, 0.3) is 0 Å². The highest BCUT2D eigenvalue weighted by atomic mass is 16.6. The molecule has 23 heavy (non-hydrogen) atoms. The molecule has 2 aliphatic heterocycles. The van der Waals surface area contributed by atoms with Crippen molar-refractivity contribution >= 4 is 5.97 Å². The van der Waals surface area contributed by atoms with Crippen molar-refractivity contribution in [2.75, 3.05) is 0 Å². The number of ether oxygens (including phenoxy) is 2. The van der Waals surface area contributed by atoms with Crippen LogP contribution in [0, 0.1) is 28.6 Å². The van der Waals surface area contributed by atoms with Gasteiger partial charge in [0.1, 0.15) is 17.8 Å². The highest BCUT2D eigenvalue weighted by molar-refractivity contribution is 5.92. The van der Waals surface area contributed by atoms with E-state index >= 15 is 0 Å². The van der Waals surface area contributed by atoms with Crippen LogP contribution in [0.2, 0.25) is 0 Å². The molecule has 0 N–H and O–H groups in total. The van der Waals surface area contributed by atoms with Gasteiger partial charge in [0.15, 0.2) is 0 Å². The Hall–Kier alpha value is -0.830. The molecule has 124 valence electrons. The molecule has 6 rings (SSSR count). The molecule has 8 unspecified atom stereocenters. The van der Waals surface area contributed by atoms with Crippen molar-refractivity contribution in [1.82, 2.24) is 0 Å². The van der Waals surface area contributed by atoms with Gasteiger partial charge in [-0.05, 0) is 68.1 Å². The van der Waals surface area contributed by atoms with Crippen LogP contribution in [-0.2, 0) is 14.3 Å². The molecule has 0 amide bonds. The standard InChI is InChI=1S/C20H26O3/c1-10-15-12(22-17(10)21)8-14-18(2)6-4-11-9-19(11,3)13(18)5-7-20(14)16(15)23-20/h11-14,16H,4-9H2,1-3H3. The fraction of sp³-hybridized carbons (Fsp3) is 0.850. The van der Waals surface area contributed by atoms with Crippen LogP contribution < -0.4 is 0 Å². The molecule has 0 aromatic heterocycles. The molecular formula is C20H26O3. The fourth-order valence-corrected chi connectivity index (χ4v) is 7.75. The molecule has 5 fully saturated rings. The summed E-state index contributed by atoms with van der Waals surface area (Å²) in [6.45, 7) is 7.01. The predicted molar refractivity (Wildman–Crippen MR) is 84.6 cm³/mol. The van der Waals surface area contributed by atoms with Gasteiger partial charge in [-0.1, -0.05) is 13.8 Å². The van der Waals surface area contributed by atoms with Gasteiger partial charge in [-0.15, -0.1) is 0 Å². The molecule has 1 saturated heterocycles. The van der Waals surface area contributed by atoms with Crippen molar-refractivity contribution in [2.45, 2.75) is 77.1 Å². The van der Waals surface area contributed by atoms with Crippen molar-refractivity contribution in [3.8, 4) is 0 Å². The van der Waals surface area contributed by atoms with Gasteiger partial charge in [0.05, 0.1) is 0 Å². The first kappa shape index (κ1) is 13.5. The monoisotopic (exact) mass is 314 g/mol. The first-order chi connectivity index (χ1) is 10.9. The third-order valence-electron chi connectivity index (χ3n) is 9.08. The summed E-state index contributed by atoms with van der Waals surface area (Å²) in [6, 6.07) is 0.